The lowest BCUT2D eigenvalue weighted by molar-refractivity contribution is -0.870. The third-order valence-corrected chi connectivity index (χ3v) is 3.92. The van der Waals surface area contributed by atoms with E-state index in [2.05, 4.69) is 28.1 Å². The maximum Gasteiger partial charge on any atom is 0.102 e. The van der Waals surface area contributed by atoms with Crippen LogP contribution in [0.2, 0.25) is 0 Å². The molecule has 0 heterocycles. The fourth-order valence-corrected chi connectivity index (χ4v) is 2.35. The van der Waals surface area contributed by atoms with Crippen molar-refractivity contribution < 1.29 is 30.9 Å². The van der Waals surface area contributed by atoms with Crippen LogP contribution in [-0.4, -0.2) is 58.6 Å². The minimum atomic E-state index is 0. The first-order chi connectivity index (χ1) is 10.6. The summed E-state index contributed by atoms with van der Waals surface area (Å²) in [5, 5.41) is 0. The molecule has 0 saturated heterocycles. The van der Waals surface area contributed by atoms with Crippen LogP contribution in [0.15, 0.2) is 0 Å². The van der Waals surface area contributed by atoms with Crippen LogP contribution < -0.4 is 17.0 Å². The van der Waals surface area contributed by atoms with E-state index in [1.165, 1.54) is 64.2 Å². The van der Waals surface area contributed by atoms with Crippen LogP contribution in [-0.2, 0) is 9.47 Å². The topological polar surface area (TPSA) is 18.5 Å². The van der Waals surface area contributed by atoms with E-state index in [1.54, 1.807) is 0 Å². The zero-order valence-electron chi connectivity index (χ0n) is 16.2. The Kier molecular flexibility index (Phi) is 20.8. The van der Waals surface area contributed by atoms with E-state index in [1.807, 2.05) is 0 Å². The summed E-state index contributed by atoms with van der Waals surface area (Å²) < 4.78 is 12.1. The Balaban J connectivity index is 0. The van der Waals surface area contributed by atoms with Gasteiger partial charge in [-0.3, -0.25) is 0 Å². The predicted octanol–water partition coefficient (Wildman–Crippen LogP) is 1.65. The van der Waals surface area contributed by atoms with Gasteiger partial charge in [-0.2, -0.15) is 0 Å². The molecular weight excluding hydrogens is 354 g/mol. The second kappa shape index (κ2) is 18.7. The van der Waals surface area contributed by atoms with Gasteiger partial charge in [-0.15, -0.1) is 0 Å². The molecule has 0 fully saturated rings. The lowest BCUT2D eigenvalue weighted by Crippen LogP contribution is -3.00. The number of ether oxygens (including phenoxy) is 2. The van der Waals surface area contributed by atoms with Crippen molar-refractivity contribution in [2.75, 3.05) is 54.1 Å². The van der Waals surface area contributed by atoms with Crippen LogP contribution in [0.3, 0.4) is 0 Å². The SMILES string of the molecule is CCCCCCCCCCCCOCCOCC[N+](C)(C)C.[Br-]. The van der Waals surface area contributed by atoms with Crippen molar-refractivity contribution in [3.05, 3.63) is 0 Å². The van der Waals surface area contributed by atoms with Crippen LogP contribution in [0.4, 0.5) is 0 Å². The highest BCUT2D eigenvalue weighted by Crippen LogP contribution is 2.10. The van der Waals surface area contributed by atoms with Gasteiger partial charge >= 0.3 is 0 Å². The molecule has 0 radical (unpaired) electrons. The Hall–Kier alpha value is 0.360. The second-order valence-corrected chi connectivity index (χ2v) is 7.42. The zero-order valence-corrected chi connectivity index (χ0v) is 17.8. The maximum atomic E-state index is 5.61. The second-order valence-electron chi connectivity index (χ2n) is 7.42. The summed E-state index contributed by atoms with van der Waals surface area (Å²) in [6, 6.07) is 0. The van der Waals surface area contributed by atoms with Crippen LogP contribution >= 0.6 is 0 Å². The van der Waals surface area contributed by atoms with Gasteiger partial charge in [0.2, 0.25) is 0 Å². The quantitative estimate of drug-likeness (QED) is 0.275. The van der Waals surface area contributed by atoms with Crippen LogP contribution in [0.5, 0.6) is 0 Å². The molecule has 0 rings (SSSR count). The molecule has 0 aromatic heterocycles. The summed E-state index contributed by atoms with van der Waals surface area (Å²) >= 11 is 0. The van der Waals surface area contributed by atoms with Gasteiger partial charge in [0.05, 0.1) is 41.0 Å². The average molecular weight is 396 g/mol. The molecule has 0 saturated carbocycles. The molecule has 0 aromatic rings. The minimum absolute atomic E-state index is 0. The lowest BCUT2D eigenvalue weighted by atomic mass is 10.1. The molecule has 0 spiro atoms. The van der Waals surface area contributed by atoms with Gasteiger partial charge in [0.1, 0.15) is 6.54 Å². The van der Waals surface area contributed by atoms with E-state index >= 15 is 0 Å². The van der Waals surface area contributed by atoms with Crippen LogP contribution in [0.25, 0.3) is 0 Å². The van der Waals surface area contributed by atoms with Gasteiger partial charge in [-0.05, 0) is 6.42 Å². The molecule has 0 bridgehead atoms. The highest BCUT2D eigenvalue weighted by molar-refractivity contribution is 4.47. The molecule has 0 atom stereocenters. The van der Waals surface area contributed by atoms with E-state index in [0.29, 0.717) is 0 Å². The van der Waals surface area contributed by atoms with Crippen molar-refractivity contribution in [3.8, 4) is 0 Å². The van der Waals surface area contributed by atoms with Crippen LogP contribution in [0, 0.1) is 0 Å². The van der Waals surface area contributed by atoms with E-state index in [4.69, 9.17) is 9.47 Å². The first-order valence-corrected chi connectivity index (χ1v) is 9.52. The third kappa shape index (κ3) is 24.7. The van der Waals surface area contributed by atoms with E-state index < -0.39 is 0 Å². The molecule has 0 aliphatic rings. The number of likely N-dealkylation sites (N-methyl/N-ethyl adjacent to an activating group) is 1. The van der Waals surface area contributed by atoms with Gasteiger partial charge in [0, 0.05) is 6.61 Å². The molecule has 0 aromatic carbocycles. The predicted molar refractivity (Wildman–Crippen MR) is 96.4 cm³/mol. The highest BCUT2D eigenvalue weighted by atomic mass is 79.9. The Bertz CT molecular complexity index is 220. The molecule has 0 amide bonds. The molecular formula is C19H42BrNO2. The molecule has 142 valence electrons. The molecule has 0 unspecified atom stereocenters. The number of halogens is 1. The van der Waals surface area contributed by atoms with E-state index in [9.17, 15) is 0 Å². The van der Waals surface area contributed by atoms with E-state index in [0.717, 1.165) is 37.5 Å². The Morgan fingerprint density at radius 3 is 1.48 bits per heavy atom. The van der Waals surface area contributed by atoms with Gasteiger partial charge in [-0.25, -0.2) is 0 Å². The van der Waals surface area contributed by atoms with Crippen LogP contribution in [0.1, 0.15) is 71.1 Å². The summed E-state index contributed by atoms with van der Waals surface area (Å²) in [6.07, 6.45) is 13.8. The first-order valence-electron chi connectivity index (χ1n) is 9.52. The number of unbranched alkanes of at least 4 members (excludes halogenated alkanes) is 9. The summed E-state index contributed by atoms with van der Waals surface area (Å²) in [4.78, 5) is 0. The van der Waals surface area contributed by atoms with Gasteiger partial charge in [0.25, 0.3) is 0 Å². The molecule has 4 heteroatoms. The largest absolute Gasteiger partial charge is 1.00 e. The molecule has 0 aliphatic carbocycles. The standard InChI is InChI=1S/C19H42NO2.BrH/c1-5-6-7-8-9-10-11-12-13-14-16-21-18-19-22-17-15-20(2,3)4;/h5-19H2,1-4H3;1H/q+1;/p-1. The number of hydrogen-bond acceptors (Lipinski definition) is 2. The number of quaternary nitrogens is 1. The van der Waals surface area contributed by atoms with Crippen molar-refractivity contribution in [3.63, 3.8) is 0 Å². The monoisotopic (exact) mass is 395 g/mol. The van der Waals surface area contributed by atoms with Crippen molar-refractivity contribution in [1.82, 2.24) is 0 Å². The summed E-state index contributed by atoms with van der Waals surface area (Å²) in [5.74, 6) is 0. The molecule has 0 N–H and O–H groups in total. The molecule has 3 nitrogen and oxygen atoms in total. The molecule has 23 heavy (non-hydrogen) atoms. The summed E-state index contributed by atoms with van der Waals surface area (Å²) in [5.41, 5.74) is 0. The Labute approximate surface area is 156 Å². The van der Waals surface area contributed by atoms with E-state index in [-0.39, 0.29) is 17.0 Å². The Morgan fingerprint density at radius 2 is 1.00 bits per heavy atom. The van der Waals surface area contributed by atoms with Crippen molar-refractivity contribution in [2.45, 2.75) is 71.1 Å². The number of nitrogens with zero attached hydrogens (tertiary/aromatic N) is 1. The summed E-state index contributed by atoms with van der Waals surface area (Å²) in [6.45, 7) is 6.53. The highest BCUT2D eigenvalue weighted by Gasteiger charge is 2.05. The maximum absolute atomic E-state index is 5.61. The lowest BCUT2D eigenvalue weighted by Gasteiger charge is -2.23. The first kappa shape index (κ1) is 25.6. The average Bonchev–Trinajstić information content (AvgIpc) is 2.45. The fraction of sp³-hybridized carbons (Fsp3) is 1.00. The van der Waals surface area contributed by atoms with Gasteiger partial charge < -0.3 is 30.9 Å². The fourth-order valence-electron chi connectivity index (χ4n) is 2.35. The molecule has 0 aliphatic heterocycles. The van der Waals surface area contributed by atoms with Gasteiger partial charge in [-0.1, -0.05) is 64.7 Å². The number of hydrogen-bond donors (Lipinski definition) is 0. The van der Waals surface area contributed by atoms with Crippen molar-refractivity contribution in [1.29, 1.82) is 0 Å². The van der Waals surface area contributed by atoms with Crippen molar-refractivity contribution in [2.24, 2.45) is 0 Å². The summed E-state index contributed by atoms with van der Waals surface area (Å²) in [7, 11) is 6.56. The van der Waals surface area contributed by atoms with Gasteiger partial charge in [0.15, 0.2) is 0 Å². The third-order valence-electron chi connectivity index (χ3n) is 3.92. The smallest absolute Gasteiger partial charge is 0.102 e. The Morgan fingerprint density at radius 1 is 0.565 bits per heavy atom. The zero-order chi connectivity index (χ0) is 16.5. The number of rotatable bonds is 17. The van der Waals surface area contributed by atoms with Crippen molar-refractivity contribution >= 4 is 0 Å². The minimum Gasteiger partial charge on any atom is -1.00 e. The normalized spacial score (nSPS) is 11.5.